The number of benzene rings is 1. The summed E-state index contributed by atoms with van der Waals surface area (Å²) in [5.74, 6) is 1.92. The van der Waals surface area contributed by atoms with Crippen molar-refractivity contribution in [3.05, 3.63) is 30.1 Å². The lowest BCUT2D eigenvalue weighted by atomic mass is 9.95. The van der Waals surface area contributed by atoms with E-state index in [0.29, 0.717) is 0 Å². The Balaban J connectivity index is 2.51. The van der Waals surface area contributed by atoms with Crippen LogP contribution in [0.1, 0.15) is 46.9 Å². The summed E-state index contributed by atoms with van der Waals surface area (Å²) < 4.78 is 2.40. The molecule has 0 N–H and O–H groups in total. The van der Waals surface area contributed by atoms with Crippen LogP contribution in [0, 0.1) is 5.92 Å². The summed E-state index contributed by atoms with van der Waals surface area (Å²) in [5, 5.41) is 0. The molecule has 1 heterocycles. The largest absolute Gasteiger partial charge is 0.328 e. The zero-order valence-electron chi connectivity index (χ0n) is 12.2. The lowest BCUT2D eigenvalue weighted by molar-refractivity contribution is 0.464. The van der Waals surface area contributed by atoms with E-state index in [2.05, 4.69) is 63.5 Å². The molecule has 1 aromatic heterocycles. The monoisotopic (exact) mass is 244 g/mol. The fourth-order valence-electron chi connectivity index (χ4n) is 2.26. The Morgan fingerprint density at radius 3 is 2.44 bits per heavy atom. The van der Waals surface area contributed by atoms with Crippen LogP contribution >= 0.6 is 0 Å². The van der Waals surface area contributed by atoms with Gasteiger partial charge in [-0.2, -0.15) is 0 Å². The molecule has 0 aliphatic rings. The van der Waals surface area contributed by atoms with Crippen molar-refractivity contribution in [2.75, 3.05) is 0 Å². The van der Waals surface area contributed by atoms with Crippen LogP contribution in [0.2, 0.25) is 0 Å². The molecule has 0 fully saturated rings. The second kappa shape index (κ2) is 4.75. The highest BCUT2D eigenvalue weighted by atomic mass is 15.1. The Bertz CT molecular complexity index is 530. The van der Waals surface area contributed by atoms with Crippen molar-refractivity contribution in [3.63, 3.8) is 0 Å². The first-order chi connectivity index (χ1) is 8.39. The van der Waals surface area contributed by atoms with Gasteiger partial charge in [-0.25, -0.2) is 4.98 Å². The summed E-state index contributed by atoms with van der Waals surface area (Å²) in [6.07, 6.45) is 1.20. The SMILES string of the molecule is CC(C)CCn1c(C(C)(C)C)nc2ccccc21. The molecule has 2 nitrogen and oxygen atoms in total. The first-order valence-corrected chi connectivity index (χ1v) is 6.85. The summed E-state index contributed by atoms with van der Waals surface area (Å²) in [7, 11) is 0. The van der Waals surface area contributed by atoms with Crippen molar-refractivity contribution in [2.24, 2.45) is 5.92 Å². The molecule has 18 heavy (non-hydrogen) atoms. The molecule has 0 bridgehead atoms. The molecule has 2 heteroatoms. The number of aryl methyl sites for hydroxylation is 1. The number of para-hydroxylation sites is 2. The Kier molecular flexibility index (Phi) is 3.47. The standard InChI is InChI=1S/C16H24N2/c1-12(2)10-11-18-14-9-7-6-8-13(14)17-15(18)16(3,4)5/h6-9,12H,10-11H2,1-5H3. The van der Waals surface area contributed by atoms with Crippen molar-refractivity contribution in [3.8, 4) is 0 Å². The van der Waals surface area contributed by atoms with E-state index in [4.69, 9.17) is 4.98 Å². The van der Waals surface area contributed by atoms with Gasteiger partial charge in [-0.15, -0.1) is 0 Å². The zero-order valence-corrected chi connectivity index (χ0v) is 12.2. The summed E-state index contributed by atoms with van der Waals surface area (Å²) in [6, 6.07) is 8.45. The quantitative estimate of drug-likeness (QED) is 0.783. The van der Waals surface area contributed by atoms with Crippen LogP contribution in [-0.2, 0) is 12.0 Å². The minimum absolute atomic E-state index is 0.0933. The molecule has 1 aromatic carbocycles. The molecule has 0 saturated heterocycles. The molecule has 0 radical (unpaired) electrons. The maximum atomic E-state index is 4.82. The van der Waals surface area contributed by atoms with Gasteiger partial charge in [0.1, 0.15) is 5.82 Å². The van der Waals surface area contributed by atoms with Crippen LogP contribution in [0.15, 0.2) is 24.3 Å². The molecular weight excluding hydrogens is 220 g/mol. The van der Waals surface area contributed by atoms with Gasteiger partial charge in [0, 0.05) is 12.0 Å². The van der Waals surface area contributed by atoms with E-state index in [0.717, 1.165) is 18.0 Å². The van der Waals surface area contributed by atoms with Crippen molar-refractivity contribution < 1.29 is 0 Å². The Morgan fingerprint density at radius 1 is 1.17 bits per heavy atom. The predicted octanol–water partition coefficient (Wildman–Crippen LogP) is 4.38. The van der Waals surface area contributed by atoms with Gasteiger partial charge in [-0.05, 0) is 24.5 Å². The molecule has 0 amide bonds. The molecule has 0 spiro atoms. The third-order valence-electron chi connectivity index (χ3n) is 3.26. The van der Waals surface area contributed by atoms with Gasteiger partial charge in [0.25, 0.3) is 0 Å². The van der Waals surface area contributed by atoms with E-state index >= 15 is 0 Å². The maximum Gasteiger partial charge on any atom is 0.115 e. The highest BCUT2D eigenvalue weighted by molar-refractivity contribution is 5.76. The van der Waals surface area contributed by atoms with Gasteiger partial charge in [0.15, 0.2) is 0 Å². The third kappa shape index (κ3) is 2.58. The number of aromatic nitrogens is 2. The highest BCUT2D eigenvalue weighted by Gasteiger charge is 2.22. The fraction of sp³-hybridized carbons (Fsp3) is 0.562. The average Bonchev–Trinajstić information content (AvgIpc) is 2.64. The van der Waals surface area contributed by atoms with E-state index in [1.165, 1.54) is 17.8 Å². The number of imidazole rings is 1. The Morgan fingerprint density at radius 2 is 1.83 bits per heavy atom. The molecule has 0 saturated carbocycles. The van der Waals surface area contributed by atoms with Gasteiger partial charge in [-0.3, -0.25) is 0 Å². The van der Waals surface area contributed by atoms with Crippen molar-refractivity contribution >= 4 is 11.0 Å². The molecular formula is C16H24N2. The molecule has 98 valence electrons. The maximum absolute atomic E-state index is 4.82. The molecule has 2 aromatic rings. The zero-order chi connectivity index (χ0) is 13.3. The van der Waals surface area contributed by atoms with Crippen molar-refractivity contribution in [2.45, 2.75) is 53.0 Å². The lowest BCUT2D eigenvalue weighted by Crippen LogP contribution is -2.19. The third-order valence-corrected chi connectivity index (χ3v) is 3.26. The number of hydrogen-bond donors (Lipinski definition) is 0. The molecule has 0 atom stereocenters. The highest BCUT2D eigenvalue weighted by Crippen LogP contribution is 2.26. The number of nitrogens with zero attached hydrogens (tertiary/aromatic N) is 2. The smallest absolute Gasteiger partial charge is 0.115 e. The van der Waals surface area contributed by atoms with Gasteiger partial charge in [0.05, 0.1) is 11.0 Å². The number of fused-ring (bicyclic) bond motifs is 1. The Labute approximate surface area is 110 Å². The topological polar surface area (TPSA) is 17.8 Å². The Hall–Kier alpha value is -1.31. The van der Waals surface area contributed by atoms with E-state index in [1.807, 2.05) is 0 Å². The predicted molar refractivity (Wildman–Crippen MR) is 77.9 cm³/mol. The van der Waals surface area contributed by atoms with Gasteiger partial charge >= 0.3 is 0 Å². The molecule has 0 aliphatic heterocycles. The van der Waals surface area contributed by atoms with E-state index < -0.39 is 0 Å². The summed E-state index contributed by atoms with van der Waals surface area (Å²) in [4.78, 5) is 4.82. The van der Waals surface area contributed by atoms with Gasteiger partial charge in [0.2, 0.25) is 0 Å². The van der Waals surface area contributed by atoms with Crippen LogP contribution in [0.4, 0.5) is 0 Å². The molecule has 2 rings (SSSR count). The van der Waals surface area contributed by atoms with Crippen molar-refractivity contribution in [1.29, 1.82) is 0 Å². The first kappa shape index (κ1) is 13.1. The summed E-state index contributed by atoms with van der Waals surface area (Å²) in [6.45, 7) is 12.3. The van der Waals surface area contributed by atoms with Crippen LogP contribution in [0.5, 0.6) is 0 Å². The minimum atomic E-state index is 0.0933. The number of rotatable bonds is 3. The van der Waals surface area contributed by atoms with Gasteiger partial charge in [-0.1, -0.05) is 46.8 Å². The van der Waals surface area contributed by atoms with Crippen LogP contribution < -0.4 is 0 Å². The summed E-state index contributed by atoms with van der Waals surface area (Å²) >= 11 is 0. The summed E-state index contributed by atoms with van der Waals surface area (Å²) in [5.41, 5.74) is 2.48. The van der Waals surface area contributed by atoms with E-state index in [-0.39, 0.29) is 5.41 Å². The van der Waals surface area contributed by atoms with Crippen LogP contribution in [-0.4, -0.2) is 9.55 Å². The van der Waals surface area contributed by atoms with Crippen LogP contribution in [0.25, 0.3) is 11.0 Å². The van der Waals surface area contributed by atoms with E-state index in [9.17, 15) is 0 Å². The van der Waals surface area contributed by atoms with Crippen LogP contribution in [0.3, 0.4) is 0 Å². The fourth-order valence-corrected chi connectivity index (χ4v) is 2.26. The van der Waals surface area contributed by atoms with E-state index in [1.54, 1.807) is 0 Å². The van der Waals surface area contributed by atoms with Gasteiger partial charge < -0.3 is 4.57 Å². The second-order valence-electron chi connectivity index (χ2n) is 6.51. The number of hydrogen-bond acceptors (Lipinski definition) is 1. The van der Waals surface area contributed by atoms with Crippen molar-refractivity contribution in [1.82, 2.24) is 9.55 Å². The lowest BCUT2D eigenvalue weighted by Gasteiger charge is -2.20. The minimum Gasteiger partial charge on any atom is -0.328 e. The molecule has 0 unspecified atom stereocenters. The normalized spacial score (nSPS) is 12.6. The average molecular weight is 244 g/mol. The first-order valence-electron chi connectivity index (χ1n) is 6.85. The second-order valence-corrected chi connectivity index (χ2v) is 6.51. The molecule has 0 aliphatic carbocycles.